The first kappa shape index (κ1) is 17.6. The quantitative estimate of drug-likeness (QED) is 0.816. The number of esters is 1. The normalized spacial score (nSPS) is 13.0. The average molecular weight is 317 g/mol. The lowest BCUT2D eigenvalue weighted by molar-refractivity contribution is 0.0442. The van der Waals surface area contributed by atoms with E-state index in [1.807, 2.05) is 13.8 Å². The zero-order valence-electron chi connectivity index (χ0n) is 12.3. The number of hydrogen-bond donors (Lipinski definition) is 1. The molecule has 0 amide bonds. The van der Waals surface area contributed by atoms with Crippen LogP contribution in [0, 0.1) is 18.7 Å². The number of rotatable bonds is 6. The molecule has 0 aliphatic rings. The van der Waals surface area contributed by atoms with Gasteiger partial charge in [-0.15, -0.1) is 0 Å². The van der Waals surface area contributed by atoms with E-state index in [-0.39, 0.29) is 23.7 Å². The predicted octanol–water partition coefficient (Wildman–Crippen LogP) is 2.37. The molecule has 0 saturated carbocycles. The van der Waals surface area contributed by atoms with Crippen LogP contribution in [-0.4, -0.2) is 21.0 Å². The molecule has 7 heteroatoms. The second-order valence-corrected chi connectivity index (χ2v) is 6.65. The van der Waals surface area contributed by atoms with Gasteiger partial charge < -0.3 is 4.74 Å². The van der Waals surface area contributed by atoms with E-state index in [1.54, 1.807) is 0 Å². The Bertz CT molecular complexity index is 628. The molecule has 1 unspecified atom stereocenters. The third-order valence-corrected chi connectivity index (χ3v) is 4.16. The molecule has 5 nitrogen and oxygen atoms in total. The highest BCUT2D eigenvalue weighted by Gasteiger charge is 2.20. The number of hydrogen-bond acceptors (Lipinski definition) is 4. The molecule has 0 aromatic heterocycles. The molecule has 1 atom stereocenters. The Morgan fingerprint density at radius 3 is 2.57 bits per heavy atom. The van der Waals surface area contributed by atoms with Crippen molar-refractivity contribution in [2.45, 2.75) is 38.5 Å². The van der Waals surface area contributed by atoms with Crippen molar-refractivity contribution in [3.05, 3.63) is 29.1 Å². The van der Waals surface area contributed by atoms with Crippen LogP contribution in [0.15, 0.2) is 17.0 Å². The maximum absolute atomic E-state index is 13.7. The third-order valence-electron chi connectivity index (χ3n) is 3.12. The van der Waals surface area contributed by atoms with E-state index in [0.717, 1.165) is 25.0 Å². The highest BCUT2D eigenvalue weighted by molar-refractivity contribution is 7.89. The minimum atomic E-state index is -4.10. The van der Waals surface area contributed by atoms with Gasteiger partial charge in [-0.3, -0.25) is 0 Å². The van der Waals surface area contributed by atoms with Crippen molar-refractivity contribution in [3.8, 4) is 0 Å². The monoisotopic (exact) mass is 317 g/mol. The molecule has 0 aliphatic carbocycles. The lowest BCUT2D eigenvalue weighted by Crippen LogP contribution is -2.17. The summed E-state index contributed by atoms with van der Waals surface area (Å²) in [6, 6.07) is 2.00. The third kappa shape index (κ3) is 4.78. The smallest absolute Gasteiger partial charge is 0.338 e. The van der Waals surface area contributed by atoms with E-state index in [2.05, 4.69) is 0 Å². The molecule has 0 radical (unpaired) electrons. The number of benzene rings is 1. The molecule has 0 spiro atoms. The highest BCUT2D eigenvalue weighted by atomic mass is 32.2. The van der Waals surface area contributed by atoms with Crippen molar-refractivity contribution >= 4 is 16.0 Å². The zero-order valence-corrected chi connectivity index (χ0v) is 13.2. The minimum Gasteiger partial charge on any atom is -0.462 e. The molecule has 2 N–H and O–H groups in total. The molecular weight excluding hydrogens is 297 g/mol. The van der Waals surface area contributed by atoms with Gasteiger partial charge in [0.2, 0.25) is 10.0 Å². The number of halogens is 1. The Morgan fingerprint density at radius 2 is 2.05 bits per heavy atom. The Morgan fingerprint density at radius 1 is 1.43 bits per heavy atom. The summed E-state index contributed by atoms with van der Waals surface area (Å²) in [7, 11) is -4.10. The van der Waals surface area contributed by atoms with Crippen LogP contribution in [-0.2, 0) is 14.8 Å². The summed E-state index contributed by atoms with van der Waals surface area (Å²) in [4.78, 5) is 11.5. The maximum Gasteiger partial charge on any atom is 0.338 e. The van der Waals surface area contributed by atoms with Crippen molar-refractivity contribution < 1.29 is 22.3 Å². The van der Waals surface area contributed by atoms with Gasteiger partial charge in [-0.2, -0.15) is 0 Å². The first-order chi connectivity index (χ1) is 9.66. The Labute approximate surface area is 124 Å². The van der Waals surface area contributed by atoms with Crippen molar-refractivity contribution in [2.24, 2.45) is 11.1 Å². The summed E-state index contributed by atoms with van der Waals surface area (Å²) in [6.45, 7) is 5.44. The van der Waals surface area contributed by atoms with E-state index < -0.39 is 26.7 Å². The second kappa shape index (κ2) is 7.00. The first-order valence-corrected chi connectivity index (χ1v) is 8.21. The van der Waals surface area contributed by atoms with Crippen LogP contribution in [0.25, 0.3) is 0 Å². The maximum atomic E-state index is 13.7. The molecule has 0 bridgehead atoms. The standard InChI is InChI=1S/C14H20FNO4S/c1-4-5-9(2)8-20-14(17)11-6-12(15)10(3)13(7-11)21(16,18)19/h6-7,9H,4-5,8H2,1-3H3,(H2,16,18,19). The molecule has 1 aromatic carbocycles. The van der Waals surface area contributed by atoms with Crippen LogP contribution < -0.4 is 5.14 Å². The number of nitrogens with two attached hydrogens (primary N) is 1. The summed E-state index contributed by atoms with van der Waals surface area (Å²) in [5.74, 6) is -1.39. The fraction of sp³-hybridized carbons (Fsp3) is 0.500. The van der Waals surface area contributed by atoms with E-state index in [1.165, 1.54) is 6.92 Å². The SMILES string of the molecule is CCCC(C)COC(=O)c1cc(F)c(C)c(S(N)(=O)=O)c1. The summed E-state index contributed by atoms with van der Waals surface area (Å²) in [5.41, 5.74) is -0.278. The lowest BCUT2D eigenvalue weighted by Gasteiger charge is -2.12. The summed E-state index contributed by atoms with van der Waals surface area (Å²) in [6.07, 6.45) is 1.87. The highest BCUT2D eigenvalue weighted by Crippen LogP contribution is 2.20. The summed E-state index contributed by atoms with van der Waals surface area (Å²) >= 11 is 0. The van der Waals surface area contributed by atoms with Gasteiger partial charge in [0, 0.05) is 5.56 Å². The number of carbonyl (C=O) groups is 1. The van der Waals surface area contributed by atoms with Crippen molar-refractivity contribution in [2.75, 3.05) is 6.61 Å². The van der Waals surface area contributed by atoms with Gasteiger partial charge in [-0.1, -0.05) is 20.3 Å². The molecule has 0 aliphatic heterocycles. The molecule has 21 heavy (non-hydrogen) atoms. The van der Waals surface area contributed by atoms with Gasteiger partial charge >= 0.3 is 5.97 Å². The first-order valence-electron chi connectivity index (χ1n) is 6.66. The molecule has 1 aromatic rings. The molecule has 118 valence electrons. The van der Waals surface area contributed by atoms with E-state index in [4.69, 9.17) is 9.88 Å². The van der Waals surface area contributed by atoms with Crippen LogP contribution in [0.4, 0.5) is 4.39 Å². The van der Waals surface area contributed by atoms with E-state index in [9.17, 15) is 17.6 Å². The average Bonchev–Trinajstić information content (AvgIpc) is 2.38. The van der Waals surface area contributed by atoms with Gasteiger partial charge in [0.25, 0.3) is 0 Å². The molecule has 1 rings (SSSR count). The molecule has 0 heterocycles. The molecule has 0 fully saturated rings. The minimum absolute atomic E-state index is 0.117. The number of primary sulfonamides is 1. The van der Waals surface area contributed by atoms with Crippen LogP contribution in [0.1, 0.15) is 42.6 Å². The predicted molar refractivity (Wildman–Crippen MR) is 76.9 cm³/mol. The fourth-order valence-corrected chi connectivity index (χ4v) is 2.76. The summed E-state index contributed by atoms with van der Waals surface area (Å²) in [5, 5.41) is 5.01. The van der Waals surface area contributed by atoms with Gasteiger partial charge in [-0.05, 0) is 31.4 Å². The Hall–Kier alpha value is -1.47. The fourth-order valence-electron chi connectivity index (χ4n) is 1.94. The number of ether oxygens (including phenoxy) is 1. The zero-order chi connectivity index (χ0) is 16.2. The number of carbonyl (C=O) groups excluding carboxylic acids is 1. The van der Waals surface area contributed by atoms with Crippen molar-refractivity contribution in [1.29, 1.82) is 0 Å². The van der Waals surface area contributed by atoms with E-state index >= 15 is 0 Å². The summed E-state index contributed by atoms with van der Waals surface area (Å²) < 4.78 is 41.6. The Balaban J connectivity index is 2.99. The molecular formula is C14H20FNO4S. The lowest BCUT2D eigenvalue weighted by atomic mass is 10.1. The van der Waals surface area contributed by atoms with Gasteiger partial charge in [0.05, 0.1) is 17.1 Å². The van der Waals surface area contributed by atoms with Crippen LogP contribution in [0.3, 0.4) is 0 Å². The number of sulfonamides is 1. The molecule has 0 saturated heterocycles. The van der Waals surface area contributed by atoms with Crippen LogP contribution >= 0.6 is 0 Å². The van der Waals surface area contributed by atoms with Crippen molar-refractivity contribution in [1.82, 2.24) is 0 Å². The van der Waals surface area contributed by atoms with Crippen LogP contribution in [0.5, 0.6) is 0 Å². The second-order valence-electron chi connectivity index (χ2n) is 5.12. The van der Waals surface area contributed by atoms with Gasteiger partial charge in [-0.25, -0.2) is 22.7 Å². The largest absolute Gasteiger partial charge is 0.462 e. The van der Waals surface area contributed by atoms with Gasteiger partial charge in [0.1, 0.15) is 5.82 Å². The van der Waals surface area contributed by atoms with Crippen molar-refractivity contribution in [3.63, 3.8) is 0 Å². The van der Waals surface area contributed by atoms with Gasteiger partial charge in [0.15, 0.2) is 0 Å². The van der Waals surface area contributed by atoms with E-state index in [0.29, 0.717) is 0 Å². The topological polar surface area (TPSA) is 86.5 Å². The Kier molecular flexibility index (Phi) is 5.86. The van der Waals surface area contributed by atoms with Crippen LogP contribution in [0.2, 0.25) is 0 Å².